The van der Waals surface area contributed by atoms with E-state index in [4.69, 9.17) is 4.42 Å². The van der Waals surface area contributed by atoms with Crippen molar-refractivity contribution in [2.45, 2.75) is 51.6 Å². The van der Waals surface area contributed by atoms with Crippen LogP contribution < -0.4 is 5.32 Å². The van der Waals surface area contributed by atoms with Crippen molar-refractivity contribution < 1.29 is 9.21 Å². The van der Waals surface area contributed by atoms with Crippen LogP contribution in [0.3, 0.4) is 0 Å². The standard InChI is InChI=1S/C20H27N3O2/c1-14-12-17(15(2)23(14)16-7-8-16)20(24)21-13-18(19-6-5-11-25-19)22-9-3-4-10-22/h5-6,11-12,16,18H,3-4,7-10,13H2,1-2H3,(H,21,24). The van der Waals surface area contributed by atoms with Gasteiger partial charge in [0.25, 0.3) is 5.91 Å². The molecule has 1 amide bonds. The molecule has 1 saturated carbocycles. The molecule has 1 unspecified atom stereocenters. The molecule has 2 aliphatic rings. The number of carbonyl (C=O) groups excluding carboxylic acids is 1. The predicted octanol–water partition coefficient (Wildman–Crippen LogP) is 3.60. The zero-order chi connectivity index (χ0) is 17.4. The number of aromatic nitrogens is 1. The Balaban J connectivity index is 1.47. The topological polar surface area (TPSA) is 50.4 Å². The summed E-state index contributed by atoms with van der Waals surface area (Å²) >= 11 is 0. The summed E-state index contributed by atoms with van der Waals surface area (Å²) in [5, 5.41) is 3.15. The summed E-state index contributed by atoms with van der Waals surface area (Å²) in [5.74, 6) is 0.960. The van der Waals surface area contributed by atoms with Crippen molar-refractivity contribution >= 4 is 5.91 Å². The normalized spacial score (nSPS) is 19.3. The van der Waals surface area contributed by atoms with Crippen molar-refractivity contribution in [3.05, 3.63) is 47.2 Å². The number of nitrogens with one attached hydrogen (secondary N) is 1. The second-order valence-electron chi connectivity index (χ2n) is 7.37. The van der Waals surface area contributed by atoms with Crippen LogP contribution in [0, 0.1) is 13.8 Å². The zero-order valence-corrected chi connectivity index (χ0v) is 15.1. The van der Waals surface area contributed by atoms with E-state index in [9.17, 15) is 4.79 Å². The van der Waals surface area contributed by atoms with E-state index in [1.807, 2.05) is 18.2 Å². The first kappa shape index (κ1) is 16.5. The van der Waals surface area contributed by atoms with Crippen LogP contribution in [0.4, 0.5) is 0 Å². The number of amides is 1. The lowest BCUT2D eigenvalue weighted by atomic mass is 10.1. The number of hydrogen-bond acceptors (Lipinski definition) is 3. The zero-order valence-electron chi connectivity index (χ0n) is 15.1. The molecule has 1 aliphatic carbocycles. The van der Waals surface area contributed by atoms with E-state index in [1.165, 1.54) is 31.4 Å². The van der Waals surface area contributed by atoms with E-state index >= 15 is 0 Å². The van der Waals surface area contributed by atoms with Gasteiger partial charge >= 0.3 is 0 Å². The smallest absolute Gasteiger partial charge is 0.253 e. The summed E-state index contributed by atoms with van der Waals surface area (Å²) in [6.45, 7) is 6.87. The van der Waals surface area contributed by atoms with Gasteiger partial charge in [-0.2, -0.15) is 0 Å². The fourth-order valence-corrected chi connectivity index (χ4v) is 4.13. The predicted molar refractivity (Wildman–Crippen MR) is 96.8 cm³/mol. The molecule has 1 N–H and O–H groups in total. The monoisotopic (exact) mass is 341 g/mol. The Morgan fingerprint density at radius 2 is 2.08 bits per heavy atom. The van der Waals surface area contributed by atoms with Crippen LogP contribution in [-0.2, 0) is 0 Å². The molecule has 4 rings (SSSR count). The summed E-state index contributed by atoms with van der Waals surface area (Å²) in [6, 6.07) is 6.67. The van der Waals surface area contributed by atoms with Crippen LogP contribution in [0.2, 0.25) is 0 Å². The summed E-state index contributed by atoms with van der Waals surface area (Å²) in [7, 11) is 0. The number of furan rings is 1. The minimum absolute atomic E-state index is 0.0238. The molecule has 1 aliphatic heterocycles. The van der Waals surface area contributed by atoms with Crippen LogP contribution in [0.15, 0.2) is 28.9 Å². The highest BCUT2D eigenvalue weighted by Crippen LogP contribution is 2.38. The second kappa shape index (κ2) is 6.71. The van der Waals surface area contributed by atoms with Gasteiger partial charge in [0.05, 0.1) is 17.9 Å². The fraction of sp³-hybridized carbons (Fsp3) is 0.550. The molecule has 0 bridgehead atoms. The van der Waals surface area contributed by atoms with E-state index in [0.717, 1.165) is 30.1 Å². The largest absolute Gasteiger partial charge is 0.468 e. The molecular formula is C20H27N3O2. The summed E-state index contributed by atoms with van der Waals surface area (Å²) in [4.78, 5) is 15.2. The third-order valence-electron chi connectivity index (χ3n) is 5.55. The maximum atomic E-state index is 12.8. The van der Waals surface area contributed by atoms with Gasteiger partial charge in [-0.25, -0.2) is 0 Å². The Hall–Kier alpha value is -2.01. The first-order chi connectivity index (χ1) is 12.1. The lowest BCUT2D eigenvalue weighted by Gasteiger charge is -2.26. The van der Waals surface area contributed by atoms with E-state index in [-0.39, 0.29) is 11.9 Å². The summed E-state index contributed by atoms with van der Waals surface area (Å²) < 4.78 is 7.95. The molecule has 134 valence electrons. The highest BCUT2D eigenvalue weighted by Gasteiger charge is 2.29. The minimum atomic E-state index is 0.0238. The van der Waals surface area contributed by atoms with E-state index in [0.29, 0.717) is 12.6 Å². The molecule has 0 radical (unpaired) electrons. The summed E-state index contributed by atoms with van der Waals surface area (Å²) in [5.41, 5.74) is 3.09. The fourth-order valence-electron chi connectivity index (χ4n) is 4.13. The molecular weight excluding hydrogens is 314 g/mol. The highest BCUT2D eigenvalue weighted by molar-refractivity contribution is 5.95. The third-order valence-corrected chi connectivity index (χ3v) is 5.55. The molecule has 1 saturated heterocycles. The molecule has 0 spiro atoms. The van der Waals surface area contributed by atoms with Crippen LogP contribution in [0.5, 0.6) is 0 Å². The van der Waals surface area contributed by atoms with Crippen molar-refractivity contribution in [3.63, 3.8) is 0 Å². The molecule has 2 aromatic heterocycles. The number of hydrogen-bond donors (Lipinski definition) is 1. The van der Waals surface area contributed by atoms with Gasteiger partial charge < -0.3 is 14.3 Å². The Labute approximate surface area is 149 Å². The van der Waals surface area contributed by atoms with Gasteiger partial charge in [-0.3, -0.25) is 9.69 Å². The van der Waals surface area contributed by atoms with Gasteiger partial charge in [-0.05, 0) is 70.8 Å². The number of carbonyl (C=O) groups is 1. The number of likely N-dealkylation sites (tertiary alicyclic amines) is 1. The molecule has 5 heteroatoms. The minimum Gasteiger partial charge on any atom is -0.468 e. The van der Waals surface area contributed by atoms with Gasteiger partial charge in [-0.1, -0.05) is 0 Å². The summed E-state index contributed by atoms with van der Waals surface area (Å²) in [6.07, 6.45) is 6.60. The average molecular weight is 341 g/mol. The lowest BCUT2D eigenvalue weighted by Crippen LogP contribution is -2.36. The maximum absolute atomic E-state index is 12.8. The van der Waals surface area contributed by atoms with Gasteiger partial charge in [-0.15, -0.1) is 0 Å². The maximum Gasteiger partial charge on any atom is 0.253 e. The lowest BCUT2D eigenvalue weighted by molar-refractivity contribution is 0.0933. The van der Waals surface area contributed by atoms with Crippen LogP contribution >= 0.6 is 0 Å². The second-order valence-corrected chi connectivity index (χ2v) is 7.37. The molecule has 1 atom stereocenters. The number of aryl methyl sites for hydroxylation is 1. The Morgan fingerprint density at radius 1 is 1.32 bits per heavy atom. The average Bonchev–Trinajstić information content (AvgIpc) is 3.03. The number of nitrogens with zero attached hydrogens (tertiary/aromatic N) is 2. The van der Waals surface area contributed by atoms with E-state index < -0.39 is 0 Å². The highest BCUT2D eigenvalue weighted by atomic mass is 16.3. The van der Waals surface area contributed by atoms with Crippen LogP contribution in [0.1, 0.15) is 65.3 Å². The van der Waals surface area contributed by atoms with Crippen molar-refractivity contribution in [2.24, 2.45) is 0 Å². The number of rotatable bonds is 6. The van der Waals surface area contributed by atoms with Crippen LogP contribution in [0.25, 0.3) is 0 Å². The quantitative estimate of drug-likeness (QED) is 0.873. The molecule has 3 heterocycles. The Kier molecular flexibility index (Phi) is 4.42. The first-order valence-corrected chi connectivity index (χ1v) is 9.39. The van der Waals surface area contributed by atoms with Gasteiger partial charge in [0.2, 0.25) is 0 Å². The van der Waals surface area contributed by atoms with Crippen molar-refractivity contribution in [1.29, 1.82) is 0 Å². The SMILES string of the molecule is Cc1cc(C(=O)NCC(c2ccco2)N2CCCC2)c(C)n1C1CC1. The van der Waals surface area contributed by atoms with Gasteiger partial charge in [0, 0.05) is 24.0 Å². The third kappa shape index (κ3) is 3.25. The first-order valence-electron chi connectivity index (χ1n) is 9.39. The molecule has 2 fully saturated rings. The molecule has 25 heavy (non-hydrogen) atoms. The van der Waals surface area contributed by atoms with E-state index in [2.05, 4.69) is 28.6 Å². The van der Waals surface area contributed by atoms with Crippen molar-refractivity contribution in [2.75, 3.05) is 19.6 Å². The Bertz CT molecular complexity index is 737. The van der Waals surface area contributed by atoms with Gasteiger partial charge in [0.15, 0.2) is 0 Å². The molecule has 0 aromatic carbocycles. The van der Waals surface area contributed by atoms with Crippen molar-refractivity contribution in [3.8, 4) is 0 Å². The van der Waals surface area contributed by atoms with Crippen molar-refractivity contribution in [1.82, 2.24) is 14.8 Å². The van der Waals surface area contributed by atoms with Gasteiger partial charge in [0.1, 0.15) is 5.76 Å². The van der Waals surface area contributed by atoms with E-state index in [1.54, 1.807) is 6.26 Å². The molecule has 2 aromatic rings. The van der Waals surface area contributed by atoms with Crippen LogP contribution in [-0.4, -0.2) is 35.0 Å². The Morgan fingerprint density at radius 3 is 2.72 bits per heavy atom. The molecule has 5 nitrogen and oxygen atoms in total.